The first-order chi connectivity index (χ1) is 12.5. The van der Waals surface area contributed by atoms with Crippen LogP contribution in [0.25, 0.3) is 0 Å². The third kappa shape index (κ3) is 6.36. The third-order valence-corrected chi connectivity index (χ3v) is 3.44. The molecule has 0 bridgehead atoms. The number of nitrogens with zero attached hydrogens (tertiary/aromatic N) is 1. The molecule has 27 heavy (non-hydrogen) atoms. The summed E-state index contributed by atoms with van der Waals surface area (Å²) in [4.78, 5) is 21.3. The molecule has 0 heterocycles. The molecule has 2 amide bonds. The summed E-state index contributed by atoms with van der Waals surface area (Å²) in [5.74, 6) is -2.50. The molecule has 2 rings (SSSR count). The Kier molecular flexibility index (Phi) is 6.94. The van der Waals surface area contributed by atoms with Crippen molar-refractivity contribution in [3.63, 3.8) is 0 Å². The first kappa shape index (κ1) is 21.5. The van der Waals surface area contributed by atoms with Gasteiger partial charge in [-0.1, -0.05) is 12.1 Å². The number of nitrogens with one attached hydrogen (secondary N) is 1. The van der Waals surface area contributed by atoms with Gasteiger partial charge in [0.1, 0.15) is 0 Å². The van der Waals surface area contributed by atoms with Crippen LogP contribution in [0.2, 0.25) is 0 Å². The first-order valence-corrected chi connectivity index (χ1v) is 7.50. The normalized spacial score (nSPS) is 10.2. The molecule has 2 aromatic rings. The van der Waals surface area contributed by atoms with Crippen LogP contribution in [-0.2, 0) is 4.79 Å². The van der Waals surface area contributed by atoms with Gasteiger partial charge in [-0.15, -0.1) is 0 Å². The zero-order chi connectivity index (χ0) is 20.8. The lowest BCUT2D eigenvalue weighted by molar-refractivity contribution is -0.167. The highest BCUT2D eigenvalue weighted by atomic mass is 19.4. The summed E-state index contributed by atoms with van der Waals surface area (Å²) in [5, 5.41) is 10.3. The maximum atomic E-state index is 12.0. The number of nitriles is 1. The van der Waals surface area contributed by atoms with Gasteiger partial charge in [0.05, 0.1) is 11.6 Å². The van der Waals surface area contributed by atoms with Crippen LogP contribution in [0.1, 0.15) is 27.0 Å². The summed E-state index contributed by atoms with van der Waals surface area (Å²) in [7, 11) is 0. The fourth-order valence-electron chi connectivity index (χ4n) is 1.81. The predicted octanol–water partition coefficient (Wildman–Crippen LogP) is 3.04. The molecule has 0 saturated carbocycles. The highest BCUT2D eigenvalue weighted by molar-refractivity contribution is 5.95. The summed E-state index contributed by atoms with van der Waals surface area (Å²) in [5.41, 5.74) is 13.2. The van der Waals surface area contributed by atoms with Gasteiger partial charge >= 0.3 is 12.1 Å². The maximum Gasteiger partial charge on any atom is 0.471 e. The lowest BCUT2D eigenvalue weighted by Crippen LogP contribution is -2.30. The highest BCUT2D eigenvalue weighted by Gasteiger charge is 2.38. The standard InChI is InChI=1S/C10H7F3N2O.C8H10N2O/c1-6-2-3-7(5-14)4-8(6)15-9(16)10(11,12)13;1-5-2-3-6(8(10)11)4-7(5)9/h2-4H,1H3,(H,15,16);2-4H,9H2,1H3,(H2,10,11). The van der Waals surface area contributed by atoms with Crippen LogP contribution in [-0.4, -0.2) is 18.0 Å². The number of nitrogens with two attached hydrogens (primary N) is 2. The minimum Gasteiger partial charge on any atom is -0.398 e. The van der Waals surface area contributed by atoms with Crippen LogP contribution in [0.3, 0.4) is 0 Å². The van der Waals surface area contributed by atoms with Crippen molar-refractivity contribution in [3.8, 4) is 6.07 Å². The van der Waals surface area contributed by atoms with E-state index in [2.05, 4.69) is 0 Å². The number of alkyl halides is 3. The van der Waals surface area contributed by atoms with Crippen molar-refractivity contribution in [2.45, 2.75) is 20.0 Å². The Morgan fingerprint density at radius 1 is 1.07 bits per heavy atom. The smallest absolute Gasteiger partial charge is 0.398 e. The lowest BCUT2D eigenvalue weighted by Gasteiger charge is -2.10. The lowest BCUT2D eigenvalue weighted by atomic mass is 10.1. The molecular formula is C18H17F3N4O2. The van der Waals surface area contributed by atoms with E-state index in [4.69, 9.17) is 16.7 Å². The SMILES string of the molecule is Cc1ccc(C#N)cc1NC(=O)C(F)(F)F.Cc1ccc(C(N)=O)cc1N. The minimum absolute atomic E-state index is 0.0126. The van der Waals surface area contributed by atoms with Crippen molar-refractivity contribution in [1.29, 1.82) is 5.26 Å². The van der Waals surface area contributed by atoms with Crippen molar-refractivity contribution in [2.75, 3.05) is 11.1 Å². The van der Waals surface area contributed by atoms with Gasteiger partial charge in [0.15, 0.2) is 0 Å². The number of benzene rings is 2. The summed E-state index contributed by atoms with van der Waals surface area (Å²) in [6.07, 6.45) is -4.94. The summed E-state index contributed by atoms with van der Waals surface area (Å²) >= 11 is 0. The molecular weight excluding hydrogens is 361 g/mol. The van der Waals surface area contributed by atoms with Gasteiger partial charge in [0.2, 0.25) is 5.91 Å². The Hall–Kier alpha value is -3.54. The molecule has 2 aromatic carbocycles. The number of carbonyl (C=O) groups is 2. The summed E-state index contributed by atoms with van der Waals surface area (Å²) < 4.78 is 35.9. The van der Waals surface area contributed by atoms with Gasteiger partial charge in [-0.3, -0.25) is 9.59 Å². The molecule has 0 atom stereocenters. The predicted molar refractivity (Wildman–Crippen MR) is 94.7 cm³/mol. The minimum atomic E-state index is -4.94. The average molecular weight is 378 g/mol. The second-order valence-corrected chi connectivity index (χ2v) is 5.53. The number of amides is 2. The number of carbonyl (C=O) groups excluding carboxylic acids is 2. The number of nitrogen functional groups attached to an aromatic ring is 1. The van der Waals surface area contributed by atoms with Crippen LogP contribution >= 0.6 is 0 Å². The summed E-state index contributed by atoms with van der Waals surface area (Å²) in [6.45, 7) is 3.41. The Morgan fingerprint density at radius 3 is 2.15 bits per heavy atom. The largest absolute Gasteiger partial charge is 0.471 e. The number of primary amides is 1. The van der Waals surface area contributed by atoms with E-state index in [0.717, 1.165) is 5.56 Å². The number of rotatable bonds is 2. The van der Waals surface area contributed by atoms with E-state index in [9.17, 15) is 22.8 Å². The Balaban J connectivity index is 0.000000289. The van der Waals surface area contributed by atoms with Gasteiger partial charge in [0, 0.05) is 16.9 Å². The maximum absolute atomic E-state index is 12.0. The van der Waals surface area contributed by atoms with Crippen molar-refractivity contribution in [2.24, 2.45) is 5.73 Å². The quantitative estimate of drug-likeness (QED) is 0.695. The summed E-state index contributed by atoms with van der Waals surface area (Å²) in [6, 6.07) is 10.9. The number of hydrogen-bond acceptors (Lipinski definition) is 4. The van der Waals surface area contributed by atoms with Gasteiger partial charge in [0.25, 0.3) is 0 Å². The molecule has 0 spiro atoms. The molecule has 5 N–H and O–H groups in total. The van der Waals surface area contributed by atoms with Crippen molar-refractivity contribution < 1.29 is 22.8 Å². The highest BCUT2D eigenvalue weighted by Crippen LogP contribution is 2.21. The van der Waals surface area contributed by atoms with E-state index >= 15 is 0 Å². The van der Waals surface area contributed by atoms with Crippen molar-refractivity contribution in [3.05, 3.63) is 58.7 Å². The number of hydrogen-bond donors (Lipinski definition) is 3. The third-order valence-electron chi connectivity index (χ3n) is 3.44. The molecule has 0 aromatic heterocycles. The van der Waals surface area contributed by atoms with E-state index < -0.39 is 18.0 Å². The fourth-order valence-corrected chi connectivity index (χ4v) is 1.81. The molecule has 0 fully saturated rings. The second-order valence-electron chi connectivity index (χ2n) is 5.53. The number of aryl methyl sites for hydroxylation is 2. The van der Waals surface area contributed by atoms with Crippen LogP contribution in [0, 0.1) is 25.2 Å². The van der Waals surface area contributed by atoms with E-state index in [-0.39, 0.29) is 11.3 Å². The Bertz CT molecular complexity index is 902. The Morgan fingerprint density at radius 2 is 1.67 bits per heavy atom. The monoisotopic (exact) mass is 378 g/mol. The average Bonchev–Trinajstić information content (AvgIpc) is 2.58. The molecule has 142 valence electrons. The van der Waals surface area contributed by atoms with Gasteiger partial charge in [-0.2, -0.15) is 18.4 Å². The molecule has 0 aliphatic heterocycles. The molecule has 0 aliphatic carbocycles. The first-order valence-electron chi connectivity index (χ1n) is 7.50. The second kappa shape index (κ2) is 8.71. The van der Waals surface area contributed by atoms with E-state index in [0.29, 0.717) is 16.8 Å². The number of halogens is 3. The fraction of sp³-hybridized carbons (Fsp3) is 0.167. The van der Waals surface area contributed by atoms with Crippen LogP contribution < -0.4 is 16.8 Å². The van der Waals surface area contributed by atoms with Crippen molar-refractivity contribution >= 4 is 23.2 Å². The van der Waals surface area contributed by atoms with E-state index in [1.807, 2.05) is 6.92 Å². The zero-order valence-corrected chi connectivity index (χ0v) is 14.5. The zero-order valence-electron chi connectivity index (χ0n) is 14.5. The van der Waals surface area contributed by atoms with Crippen LogP contribution in [0.4, 0.5) is 24.5 Å². The van der Waals surface area contributed by atoms with Crippen molar-refractivity contribution in [1.82, 2.24) is 0 Å². The molecule has 0 radical (unpaired) electrons. The number of anilines is 2. The van der Waals surface area contributed by atoms with Crippen LogP contribution in [0.5, 0.6) is 0 Å². The van der Waals surface area contributed by atoms with E-state index in [1.165, 1.54) is 25.1 Å². The molecule has 6 nitrogen and oxygen atoms in total. The van der Waals surface area contributed by atoms with Gasteiger partial charge < -0.3 is 16.8 Å². The van der Waals surface area contributed by atoms with Gasteiger partial charge in [-0.25, -0.2) is 0 Å². The van der Waals surface area contributed by atoms with Crippen LogP contribution in [0.15, 0.2) is 36.4 Å². The molecule has 0 aliphatic rings. The van der Waals surface area contributed by atoms with E-state index in [1.54, 1.807) is 29.6 Å². The Labute approximate surface area is 153 Å². The molecule has 0 unspecified atom stereocenters. The van der Waals surface area contributed by atoms with Gasteiger partial charge in [-0.05, 0) is 49.2 Å². The molecule has 9 heteroatoms. The molecule has 0 saturated heterocycles. The topological polar surface area (TPSA) is 122 Å².